The molecule has 0 aliphatic heterocycles. The molecule has 0 radical (unpaired) electrons. The number of ether oxygens (including phenoxy) is 1. The normalized spacial score (nSPS) is 11.3. The van der Waals surface area contributed by atoms with Gasteiger partial charge in [-0.1, -0.05) is 11.6 Å². The van der Waals surface area contributed by atoms with Gasteiger partial charge in [-0.15, -0.1) is 0 Å². The van der Waals surface area contributed by atoms with Gasteiger partial charge in [-0.05, 0) is 13.8 Å². The van der Waals surface area contributed by atoms with Crippen molar-refractivity contribution in [2.75, 3.05) is 12.8 Å². The maximum Gasteiger partial charge on any atom is 0.330 e. The second-order valence-electron chi connectivity index (χ2n) is 6.90. The summed E-state index contributed by atoms with van der Waals surface area (Å²) < 4.78 is 8.53. The zero-order valence-corrected chi connectivity index (χ0v) is 17.6. The fourth-order valence-corrected chi connectivity index (χ4v) is 3.84. The van der Waals surface area contributed by atoms with E-state index in [4.69, 9.17) is 22.1 Å². The Morgan fingerprint density at radius 1 is 1.23 bits per heavy atom. The molecule has 0 unspecified atom stereocenters. The van der Waals surface area contributed by atoms with Crippen LogP contribution >= 0.6 is 11.6 Å². The minimum absolute atomic E-state index is 0.00407. The molecule has 0 aliphatic carbocycles. The van der Waals surface area contributed by atoms with Crippen molar-refractivity contribution in [3.05, 3.63) is 56.9 Å². The Hall–Kier alpha value is -3.40. The number of H-pyrrole nitrogens is 1. The molecule has 0 fully saturated rings. The number of aromatic nitrogens is 7. The molecule has 4 aromatic heterocycles. The zero-order chi connectivity index (χ0) is 21.4. The molecule has 0 saturated carbocycles. The number of pyridine rings is 1. The van der Waals surface area contributed by atoms with Gasteiger partial charge in [0, 0.05) is 42.7 Å². The van der Waals surface area contributed by atoms with Crippen LogP contribution in [0.25, 0.3) is 11.2 Å². The lowest BCUT2D eigenvalue weighted by Crippen LogP contribution is -2.26. The molecule has 0 spiro atoms. The molecule has 0 amide bonds. The molecule has 0 saturated heterocycles. The Morgan fingerprint density at radius 2 is 2.03 bits per heavy atom. The number of nitrogen functional groups attached to an aromatic ring is 1. The van der Waals surface area contributed by atoms with Crippen molar-refractivity contribution in [1.82, 2.24) is 34.1 Å². The van der Waals surface area contributed by atoms with E-state index in [9.17, 15) is 4.79 Å². The van der Waals surface area contributed by atoms with Crippen molar-refractivity contribution >= 4 is 28.7 Å². The number of nitrogens with one attached hydrogen (secondary N) is 1. The SMILES string of the molecule is COc1c(C)cnc(Cn2c(=O)n(CCc3ncc[nH]3)c3c(Cl)nc(N)nc32)c1C. The van der Waals surface area contributed by atoms with Crippen molar-refractivity contribution in [2.45, 2.75) is 33.4 Å². The second-order valence-corrected chi connectivity index (χ2v) is 7.26. The van der Waals surface area contributed by atoms with Crippen LogP contribution in [-0.2, 0) is 19.5 Å². The lowest BCUT2D eigenvalue weighted by atomic mass is 10.1. The highest BCUT2D eigenvalue weighted by atomic mass is 35.5. The van der Waals surface area contributed by atoms with Gasteiger partial charge in [0.2, 0.25) is 5.95 Å². The first-order valence-corrected chi connectivity index (χ1v) is 9.67. The lowest BCUT2D eigenvalue weighted by molar-refractivity contribution is 0.406. The minimum atomic E-state index is -0.279. The third-order valence-corrected chi connectivity index (χ3v) is 5.28. The van der Waals surface area contributed by atoms with Crippen LogP contribution < -0.4 is 16.2 Å². The summed E-state index contributed by atoms with van der Waals surface area (Å²) in [6, 6.07) is 0. The molecule has 156 valence electrons. The predicted molar refractivity (Wildman–Crippen MR) is 113 cm³/mol. The summed E-state index contributed by atoms with van der Waals surface area (Å²) in [5.41, 5.74) is 8.79. The monoisotopic (exact) mass is 428 g/mol. The van der Waals surface area contributed by atoms with Crippen LogP contribution in [0.4, 0.5) is 5.95 Å². The van der Waals surface area contributed by atoms with Crippen LogP contribution in [0.5, 0.6) is 5.75 Å². The Bertz CT molecular complexity index is 1280. The summed E-state index contributed by atoms with van der Waals surface area (Å²) in [7, 11) is 1.61. The van der Waals surface area contributed by atoms with Gasteiger partial charge in [-0.2, -0.15) is 9.97 Å². The molecule has 0 aliphatic rings. The molecule has 11 heteroatoms. The van der Waals surface area contributed by atoms with Crippen LogP contribution in [0.3, 0.4) is 0 Å². The molecular weight excluding hydrogens is 408 g/mol. The van der Waals surface area contributed by atoms with Crippen molar-refractivity contribution in [3.8, 4) is 5.75 Å². The quantitative estimate of drug-likeness (QED) is 0.448. The summed E-state index contributed by atoms with van der Waals surface area (Å²) in [5.74, 6) is 1.49. The summed E-state index contributed by atoms with van der Waals surface area (Å²) in [6.45, 7) is 4.37. The number of hydrogen-bond donors (Lipinski definition) is 2. The van der Waals surface area contributed by atoms with E-state index in [0.29, 0.717) is 29.8 Å². The first-order valence-electron chi connectivity index (χ1n) is 9.30. The minimum Gasteiger partial charge on any atom is -0.496 e. The smallest absolute Gasteiger partial charge is 0.330 e. The van der Waals surface area contributed by atoms with Crippen LogP contribution in [0.2, 0.25) is 5.15 Å². The first kappa shape index (κ1) is 19.9. The summed E-state index contributed by atoms with van der Waals surface area (Å²) >= 11 is 6.35. The number of methoxy groups -OCH3 is 1. The number of fused-ring (bicyclic) bond motifs is 1. The maximum absolute atomic E-state index is 13.3. The van der Waals surface area contributed by atoms with Crippen molar-refractivity contribution in [2.24, 2.45) is 0 Å². The predicted octanol–water partition coefficient (Wildman–Crippen LogP) is 1.86. The van der Waals surface area contributed by atoms with Crippen LogP contribution in [0.15, 0.2) is 23.4 Å². The van der Waals surface area contributed by atoms with E-state index in [1.165, 1.54) is 4.57 Å². The van der Waals surface area contributed by atoms with E-state index < -0.39 is 0 Å². The van der Waals surface area contributed by atoms with Crippen molar-refractivity contribution in [3.63, 3.8) is 0 Å². The van der Waals surface area contributed by atoms with Gasteiger partial charge in [0.05, 0.1) is 19.3 Å². The zero-order valence-electron chi connectivity index (χ0n) is 16.8. The number of rotatable bonds is 6. The van der Waals surface area contributed by atoms with E-state index in [-0.39, 0.29) is 23.3 Å². The van der Waals surface area contributed by atoms with Crippen LogP contribution in [0, 0.1) is 13.8 Å². The number of nitrogens with two attached hydrogens (primary N) is 1. The van der Waals surface area contributed by atoms with Gasteiger partial charge < -0.3 is 15.5 Å². The number of halogens is 1. The molecule has 0 bridgehead atoms. The fourth-order valence-electron chi connectivity index (χ4n) is 3.57. The number of hydrogen-bond acceptors (Lipinski definition) is 7. The molecule has 0 atom stereocenters. The fraction of sp³-hybridized carbons (Fsp3) is 0.316. The van der Waals surface area contributed by atoms with E-state index in [2.05, 4.69) is 24.9 Å². The molecular formula is C19H21ClN8O2. The highest BCUT2D eigenvalue weighted by Gasteiger charge is 2.21. The van der Waals surface area contributed by atoms with Gasteiger partial charge in [0.25, 0.3) is 0 Å². The average molecular weight is 429 g/mol. The molecule has 10 nitrogen and oxygen atoms in total. The third kappa shape index (κ3) is 3.39. The van der Waals surface area contributed by atoms with Gasteiger partial charge in [0.1, 0.15) is 17.1 Å². The summed E-state index contributed by atoms with van der Waals surface area (Å²) in [4.78, 5) is 33.4. The molecule has 4 aromatic rings. The Morgan fingerprint density at radius 3 is 2.73 bits per heavy atom. The highest BCUT2D eigenvalue weighted by Crippen LogP contribution is 2.26. The van der Waals surface area contributed by atoms with E-state index in [1.807, 2.05) is 13.8 Å². The van der Waals surface area contributed by atoms with Gasteiger partial charge in [-0.25, -0.2) is 9.78 Å². The topological polar surface area (TPSA) is 130 Å². The Labute approximate surface area is 176 Å². The van der Waals surface area contributed by atoms with Gasteiger partial charge in [0.15, 0.2) is 10.8 Å². The largest absolute Gasteiger partial charge is 0.496 e. The van der Waals surface area contributed by atoms with E-state index >= 15 is 0 Å². The first-order chi connectivity index (χ1) is 14.4. The third-order valence-electron chi connectivity index (χ3n) is 5.01. The molecule has 4 rings (SSSR count). The molecule has 0 aromatic carbocycles. The second kappa shape index (κ2) is 7.79. The van der Waals surface area contributed by atoms with Crippen LogP contribution in [-0.4, -0.2) is 41.2 Å². The number of aromatic amines is 1. The summed E-state index contributed by atoms with van der Waals surface area (Å²) in [5, 5.41) is 0.124. The summed E-state index contributed by atoms with van der Waals surface area (Å²) in [6.07, 6.45) is 5.63. The maximum atomic E-state index is 13.3. The van der Waals surface area contributed by atoms with Crippen molar-refractivity contribution in [1.29, 1.82) is 0 Å². The molecule has 3 N–H and O–H groups in total. The Kier molecular flexibility index (Phi) is 5.17. The molecule has 30 heavy (non-hydrogen) atoms. The molecule has 4 heterocycles. The number of anilines is 1. The highest BCUT2D eigenvalue weighted by molar-refractivity contribution is 6.33. The number of imidazole rings is 2. The van der Waals surface area contributed by atoms with Crippen LogP contribution in [0.1, 0.15) is 22.6 Å². The Balaban J connectivity index is 1.84. The number of aryl methyl sites for hydroxylation is 3. The van der Waals surface area contributed by atoms with Gasteiger partial charge >= 0.3 is 5.69 Å². The standard InChI is InChI=1S/C19H21ClN8O2/c1-10-8-24-12(11(2)15(10)30-3)9-28-17-14(16(20)25-18(21)26-17)27(19(28)29)7-4-13-22-5-6-23-13/h5-6,8H,4,7,9H2,1-3H3,(H,22,23)(H2,21,25,26). The van der Waals surface area contributed by atoms with E-state index in [0.717, 1.165) is 22.7 Å². The van der Waals surface area contributed by atoms with E-state index in [1.54, 1.807) is 30.3 Å². The van der Waals surface area contributed by atoms with Crippen molar-refractivity contribution < 1.29 is 4.74 Å². The number of nitrogens with zero attached hydrogens (tertiary/aromatic N) is 6. The lowest BCUT2D eigenvalue weighted by Gasteiger charge is -2.12. The average Bonchev–Trinajstić information content (AvgIpc) is 3.30. The van der Waals surface area contributed by atoms with Gasteiger partial charge in [-0.3, -0.25) is 14.1 Å².